The van der Waals surface area contributed by atoms with Crippen LogP contribution in [0, 0.1) is 0 Å². The third kappa shape index (κ3) is 5.87. The van der Waals surface area contributed by atoms with E-state index in [0.717, 1.165) is 5.56 Å². The molecule has 0 heterocycles. The Bertz CT molecular complexity index is 470. The van der Waals surface area contributed by atoms with E-state index in [-0.39, 0.29) is 6.54 Å². The van der Waals surface area contributed by atoms with Crippen molar-refractivity contribution >= 4 is 5.91 Å². The Morgan fingerprint density at radius 2 is 1.57 bits per heavy atom. The quantitative estimate of drug-likeness (QED) is 0.257. The lowest BCUT2D eigenvalue weighted by Gasteiger charge is -2.27. The van der Waals surface area contributed by atoms with Crippen molar-refractivity contribution in [3.8, 4) is 0 Å². The summed E-state index contributed by atoms with van der Waals surface area (Å²) in [5.74, 6) is -0.918. The molecule has 0 fully saturated rings. The molecule has 0 aliphatic rings. The molecule has 0 saturated carbocycles. The minimum atomic E-state index is -2.01. The summed E-state index contributed by atoms with van der Waals surface area (Å²) in [4.78, 5) is 11.7. The number of rotatable bonds is 9. The van der Waals surface area contributed by atoms with Gasteiger partial charge in [-0.1, -0.05) is 30.3 Å². The highest BCUT2D eigenvalue weighted by Gasteiger charge is 2.36. The largest absolute Gasteiger partial charge is 0.394 e. The SMILES string of the molecule is O=C(NCCc1ccccc1)[C@@H](O)[C@@H](O)[C@H](O)[C@H](O)[C@H](O)CO. The van der Waals surface area contributed by atoms with Crippen molar-refractivity contribution in [3.63, 3.8) is 0 Å². The fraction of sp³-hybridized carbons (Fsp3) is 0.533. The minimum Gasteiger partial charge on any atom is -0.394 e. The highest BCUT2D eigenvalue weighted by molar-refractivity contribution is 5.81. The van der Waals surface area contributed by atoms with Crippen LogP contribution in [0.3, 0.4) is 0 Å². The molecule has 1 aromatic rings. The molecule has 7 N–H and O–H groups in total. The molecule has 8 heteroatoms. The smallest absolute Gasteiger partial charge is 0.251 e. The Kier molecular flexibility index (Phi) is 8.10. The molecule has 0 aliphatic carbocycles. The predicted octanol–water partition coefficient (Wildman–Crippen LogP) is -2.86. The van der Waals surface area contributed by atoms with Crippen molar-refractivity contribution in [2.45, 2.75) is 36.9 Å². The summed E-state index contributed by atoms with van der Waals surface area (Å²) in [6.07, 6.45) is -9.07. The van der Waals surface area contributed by atoms with Gasteiger partial charge in [-0.3, -0.25) is 4.79 Å². The molecular formula is C15H23NO7. The van der Waals surface area contributed by atoms with E-state index < -0.39 is 43.0 Å². The van der Waals surface area contributed by atoms with E-state index in [0.29, 0.717) is 6.42 Å². The molecule has 0 bridgehead atoms. The van der Waals surface area contributed by atoms with Crippen molar-refractivity contribution in [1.29, 1.82) is 0 Å². The van der Waals surface area contributed by atoms with Gasteiger partial charge in [0.05, 0.1) is 6.61 Å². The lowest BCUT2D eigenvalue weighted by Crippen LogP contribution is -2.54. The summed E-state index contributed by atoms with van der Waals surface area (Å²) in [5, 5.41) is 58.6. The van der Waals surface area contributed by atoms with Crippen LogP contribution in [0.2, 0.25) is 0 Å². The third-order valence-corrected chi connectivity index (χ3v) is 3.43. The van der Waals surface area contributed by atoms with Crippen LogP contribution >= 0.6 is 0 Å². The summed E-state index contributed by atoms with van der Waals surface area (Å²) in [5.41, 5.74) is 0.976. The molecule has 8 nitrogen and oxygen atoms in total. The fourth-order valence-corrected chi connectivity index (χ4v) is 1.96. The number of benzene rings is 1. The number of hydrogen-bond acceptors (Lipinski definition) is 7. The highest BCUT2D eigenvalue weighted by Crippen LogP contribution is 2.09. The van der Waals surface area contributed by atoms with Gasteiger partial charge in [0.1, 0.15) is 24.4 Å². The second-order valence-corrected chi connectivity index (χ2v) is 5.19. The first-order valence-electron chi connectivity index (χ1n) is 7.21. The van der Waals surface area contributed by atoms with Crippen molar-refractivity contribution in [2.24, 2.45) is 0 Å². The van der Waals surface area contributed by atoms with E-state index in [1.165, 1.54) is 0 Å². The number of carbonyl (C=O) groups is 1. The van der Waals surface area contributed by atoms with Gasteiger partial charge in [-0.25, -0.2) is 0 Å². The lowest BCUT2D eigenvalue weighted by atomic mass is 9.99. The van der Waals surface area contributed by atoms with Gasteiger partial charge in [-0.2, -0.15) is 0 Å². The van der Waals surface area contributed by atoms with Gasteiger partial charge in [0.2, 0.25) is 0 Å². The van der Waals surface area contributed by atoms with Crippen molar-refractivity contribution in [1.82, 2.24) is 5.32 Å². The number of amides is 1. The van der Waals surface area contributed by atoms with Gasteiger partial charge in [0, 0.05) is 6.54 Å². The molecule has 130 valence electrons. The molecule has 0 aromatic heterocycles. The number of hydrogen-bond donors (Lipinski definition) is 7. The number of aliphatic hydroxyl groups excluding tert-OH is 6. The van der Waals surface area contributed by atoms with Crippen molar-refractivity contribution in [3.05, 3.63) is 35.9 Å². The zero-order chi connectivity index (χ0) is 17.4. The summed E-state index contributed by atoms with van der Waals surface area (Å²) < 4.78 is 0. The monoisotopic (exact) mass is 329 g/mol. The summed E-state index contributed by atoms with van der Waals surface area (Å²) in [7, 11) is 0. The van der Waals surface area contributed by atoms with E-state index in [4.69, 9.17) is 5.11 Å². The number of aliphatic hydroxyl groups is 6. The van der Waals surface area contributed by atoms with Gasteiger partial charge < -0.3 is 36.0 Å². The van der Waals surface area contributed by atoms with Gasteiger partial charge in [0.25, 0.3) is 5.91 Å². The Hall–Kier alpha value is -1.55. The molecule has 0 spiro atoms. The summed E-state index contributed by atoms with van der Waals surface area (Å²) in [6, 6.07) is 9.29. The lowest BCUT2D eigenvalue weighted by molar-refractivity contribution is -0.156. The second kappa shape index (κ2) is 9.56. The van der Waals surface area contributed by atoms with Crippen LogP contribution in [-0.2, 0) is 11.2 Å². The van der Waals surface area contributed by atoms with Crippen LogP contribution in [0.4, 0.5) is 0 Å². The van der Waals surface area contributed by atoms with Crippen LogP contribution in [0.25, 0.3) is 0 Å². The second-order valence-electron chi connectivity index (χ2n) is 5.19. The molecule has 0 radical (unpaired) electrons. The molecular weight excluding hydrogens is 306 g/mol. The predicted molar refractivity (Wildman–Crippen MR) is 80.3 cm³/mol. The van der Waals surface area contributed by atoms with Crippen LogP contribution in [0.5, 0.6) is 0 Å². The molecule has 0 unspecified atom stereocenters. The van der Waals surface area contributed by atoms with Crippen molar-refractivity contribution < 1.29 is 35.4 Å². The molecule has 1 amide bonds. The van der Waals surface area contributed by atoms with Crippen LogP contribution in [0.1, 0.15) is 5.56 Å². The maximum atomic E-state index is 11.7. The zero-order valence-electron chi connectivity index (χ0n) is 12.5. The van der Waals surface area contributed by atoms with Gasteiger partial charge in [-0.05, 0) is 12.0 Å². The van der Waals surface area contributed by atoms with Gasteiger partial charge in [0.15, 0.2) is 6.10 Å². The Balaban J connectivity index is 2.45. The highest BCUT2D eigenvalue weighted by atomic mass is 16.4. The van der Waals surface area contributed by atoms with Gasteiger partial charge >= 0.3 is 0 Å². The molecule has 1 rings (SSSR count). The van der Waals surface area contributed by atoms with E-state index in [1.54, 1.807) is 0 Å². The molecule has 0 saturated heterocycles. The fourth-order valence-electron chi connectivity index (χ4n) is 1.96. The minimum absolute atomic E-state index is 0.213. The Morgan fingerprint density at radius 3 is 2.13 bits per heavy atom. The van der Waals surface area contributed by atoms with E-state index in [9.17, 15) is 30.3 Å². The first-order chi connectivity index (χ1) is 10.9. The number of carbonyl (C=O) groups excluding carboxylic acids is 1. The standard InChI is InChI=1S/C15H23NO7/c17-8-10(18)11(19)12(20)13(21)14(22)15(23)16-7-6-9-4-2-1-3-5-9/h1-5,10-14,17-22H,6-8H2,(H,16,23)/t10-,11-,12-,13+,14+/m1/s1. The van der Waals surface area contributed by atoms with Crippen molar-refractivity contribution in [2.75, 3.05) is 13.2 Å². The van der Waals surface area contributed by atoms with Crippen LogP contribution < -0.4 is 5.32 Å². The maximum Gasteiger partial charge on any atom is 0.251 e. The molecule has 1 aromatic carbocycles. The first-order valence-corrected chi connectivity index (χ1v) is 7.21. The maximum absolute atomic E-state index is 11.7. The van der Waals surface area contributed by atoms with E-state index in [1.807, 2.05) is 30.3 Å². The molecule has 23 heavy (non-hydrogen) atoms. The molecule has 0 aliphatic heterocycles. The normalized spacial score (nSPS) is 17.8. The summed E-state index contributed by atoms with van der Waals surface area (Å²) in [6.45, 7) is -0.630. The van der Waals surface area contributed by atoms with E-state index >= 15 is 0 Å². The average molecular weight is 329 g/mol. The number of nitrogens with one attached hydrogen (secondary N) is 1. The first kappa shape index (κ1) is 19.5. The van der Waals surface area contributed by atoms with Crippen LogP contribution in [0.15, 0.2) is 30.3 Å². The average Bonchev–Trinajstić information content (AvgIpc) is 2.59. The molecule has 5 atom stereocenters. The van der Waals surface area contributed by atoms with Gasteiger partial charge in [-0.15, -0.1) is 0 Å². The zero-order valence-corrected chi connectivity index (χ0v) is 12.5. The Morgan fingerprint density at radius 1 is 0.957 bits per heavy atom. The third-order valence-electron chi connectivity index (χ3n) is 3.43. The Labute approximate surface area is 133 Å². The van der Waals surface area contributed by atoms with E-state index in [2.05, 4.69) is 5.32 Å². The van der Waals surface area contributed by atoms with Crippen LogP contribution in [-0.4, -0.2) is 80.2 Å². The summed E-state index contributed by atoms with van der Waals surface area (Å²) >= 11 is 0. The topological polar surface area (TPSA) is 150 Å².